The highest BCUT2D eigenvalue weighted by Gasteiger charge is 2.17. The number of aromatic nitrogens is 2. The van der Waals surface area contributed by atoms with Gasteiger partial charge in [-0.15, -0.1) is 21.5 Å². The third kappa shape index (κ3) is 2.67. The van der Waals surface area contributed by atoms with Gasteiger partial charge in [0.1, 0.15) is 5.75 Å². The quantitative estimate of drug-likeness (QED) is 0.895. The molecule has 18 heavy (non-hydrogen) atoms. The molecular formula is C11H12N2O4S. The molecule has 0 spiro atoms. The van der Waals surface area contributed by atoms with E-state index in [4.69, 9.17) is 14.3 Å². The summed E-state index contributed by atoms with van der Waals surface area (Å²) in [5.74, 6) is 0.135. The SMILES string of the molecule is CCc1cc(OCc2nnc(C)o2)c(C(=O)O)s1. The first-order chi connectivity index (χ1) is 8.60. The van der Waals surface area contributed by atoms with Crippen LogP contribution >= 0.6 is 11.3 Å². The van der Waals surface area contributed by atoms with Crippen LogP contribution in [0.3, 0.4) is 0 Å². The van der Waals surface area contributed by atoms with Crippen LogP contribution in [0.4, 0.5) is 0 Å². The fourth-order valence-electron chi connectivity index (χ4n) is 1.39. The number of ether oxygens (including phenoxy) is 1. The Morgan fingerprint density at radius 2 is 2.33 bits per heavy atom. The zero-order chi connectivity index (χ0) is 13.1. The van der Waals surface area contributed by atoms with E-state index in [2.05, 4.69) is 10.2 Å². The molecule has 2 heterocycles. The molecule has 7 heteroatoms. The van der Waals surface area contributed by atoms with E-state index in [1.165, 1.54) is 11.3 Å². The van der Waals surface area contributed by atoms with Gasteiger partial charge in [-0.05, 0) is 12.5 Å². The van der Waals surface area contributed by atoms with Crippen molar-refractivity contribution in [3.8, 4) is 5.75 Å². The smallest absolute Gasteiger partial charge is 0.349 e. The number of aromatic carboxylic acids is 1. The lowest BCUT2D eigenvalue weighted by Crippen LogP contribution is -2.00. The zero-order valence-electron chi connectivity index (χ0n) is 9.97. The standard InChI is InChI=1S/C11H12N2O4S/c1-3-7-4-8(10(18-7)11(14)15)16-5-9-13-12-6(2)17-9/h4H,3,5H2,1-2H3,(H,14,15). The summed E-state index contributed by atoms with van der Waals surface area (Å²) in [5.41, 5.74) is 0. The number of carboxylic acid groups (broad SMARTS) is 1. The minimum Gasteiger partial charge on any atom is -0.482 e. The third-order valence-corrected chi connectivity index (χ3v) is 3.46. The molecule has 0 unspecified atom stereocenters. The lowest BCUT2D eigenvalue weighted by atomic mass is 10.3. The van der Waals surface area contributed by atoms with Crippen LogP contribution in [0.5, 0.6) is 5.75 Å². The number of hydrogen-bond donors (Lipinski definition) is 1. The first-order valence-electron chi connectivity index (χ1n) is 5.38. The van der Waals surface area contributed by atoms with E-state index in [9.17, 15) is 4.79 Å². The number of hydrogen-bond acceptors (Lipinski definition) is 6. The summed E-state index contributed by atoms with van der Waals surface area (Å²) in [4.78, 5) is 12.2. The van der Waals surface area contributed by atoms with Gasteiger partial charge in [0.15, 0.2) is 11.5 Å². The topological polar surface area (TPSA) is 85.5 Å². The van der Waals surface area contributed by atoms with E-state index in [1.54, 1.807) is 13.0 Å². The van der Waals surface area contributed by atoms with Gasteiger partial charge >= 0.3 is 5.97 Å². The van der Waals surface area contributed by atoms with Crippen molar-refractivity contribution in [3.63, 3.8) is 0 Å². The van der Waals surface area contributed by atoms with Crippen molar-refractivity contribution < 1.29 is 19.1 Å². The second-order valence-electron chi connectivity index (χ2n) is 3.57. The molecule has 0 saturated carbocycles. The summed E-state index contributed by atoms with van der Waals surface area (Å²) in [6.45, 7) is 3.71. The summed E-state index contributed by atoms with van der Waals surface area (Å²) >= 11 is 1.22. The predicted octanol–water partition coefficient (Wildman–Crippen LogP) is 2.28. The third-order valence-electron chi connectivity index (χ3n) is 2.21. The van der Waals surface area contributed by atoms with E-state index in [-0.39, 0.29) is 11.5 Å². The molecule has 1 N–H and O–H groups in total. The van der Waals surface area contributed by atoms with Crippen molar-refractivity contribution >= 4 is 17.3 Å². The number of thiophene rings is 1. The number of carboxylic acids is 1. The Balaban J connectivity index is 2.12. The van der Waals surface area contributed by atoms with Gasteiger partial charge in [0.25, 0.3) is 5.89 Å². The molecule has 0 radical (unpaired) electrons. The Morgan fingerprint density at radius 3 is 2.89 bits per heavy atom. The van der Waals surface area contributed by atoms with Crippen LogP contribution in [0.2, 0.25) is 0 Å². The largest absolute Gasteiger partial charge is 0.482 e. The van der Waals surface area contributed by atoms with Gasteiger partial charge < -0.3 is 14.3 Å². The molecule has 96 valence electrons. The summed E-state index contributed by atoms with van der Waals surface area (Å²) < 4.78 is 10.6. The van der Waals surface area contributed by atoms with Gasteiger partial charge in [0.05, 0.1) is 0 Å². The maximum absolute atomic E-state index is 11.0. The van der Waals surface area contributed by atoms with Gasteiger partial charge in [-0.2, -0.15) is 0 Å². The molecule has 0 bridgehead atoms. The fraction of sp³-hybridized carbons (Fsp3) is 0.364. The highest BCUT2D eigenvalue weighted by Crippen LogP contribution is 2.30. The summed E-state index contributed by atoms with van der Waals surface area (Å²) in [6.07, 6.45) is 0.772. The fourth-order valence-corrected chi connectivity index (χ4v) is 2.27. The second-order valence-corrected chi connectivity index (χ2v) is 4.71. The minimum atomic E-state index is -0.989. The van der Waals surface area contributed by atoms with E-state index >= 15 is 0 Å². The van der Waals surface area contributed by atoms with E-state index in [0.717, 1.165) is 11.3 Å². The van der Waals surface area contributed by atoms with Crippen molar-refractivity contribution in [2.24, 2.45) is 0 Å². The molecule has 0 aliphatic heterocycles. The lowest BCUT2D eigenvalue weighted by Gasteiger charge is -2.01. The summed E-state index contributed by atoms with van der Waals surface area (Å²) in [6, 6.07) is 1.73. The monoisotopic (exact) mass is 268 g/mol. The first-order valence-corrected chi connectivity index (χ1v) is 6.19. The summed E-state index contributed by atoms with van der Waals surface area (Å²) in [5, 5.41) is 16.5. The molecule has 2 rings (SSSR count). The van der Waals surface area contributed by atoms with Crippen LogP contribution in [0.15, 0.2) is 10.5 Å². The molecule has 0 aromatic carbocycles. The zero-order valence-corrected chi connectivity index (χ0v) is 10.8. The van der Waals surface area contributed by atoms with Crippen LogP contribution in [0.1, 0.15) is 33.3 Å². The lowest BCUT2D eigenvalue weighted by molar-refractivity contribution is 0.0697. The molecule has 6 nitrogen and oxygen atoms in total. The number of nitrogens with zero attached hydrogens (tertiary/aromatic N) is 2. The molecule has 0 aliphatic rings. The highest BCUT2D eigenvalue weighted by molar-refractivity contribution is 7.14. The first kappa shape index (κ1) is 12.6. The van der Waals surface area contributed by atoms with Gasteiger partial charge in [-0.3, -0.25) is 0 Å². The molecular weight excluding hydrogens is 256 g/mol. The number of rotatable bonds is 5. The minimum absolute atomic E-state index is 0.0704. The van der Waals surface area contributed by atoms with Crippen molar-refractivity contribution in [1.29, 1.82) is 0 Å². The normalized spacial score (nSPS) is 10.6. The maximum atomic E-state index is 11.0. The molecule has 0 aliphatic carbocycles. The molecule has 2 aromatic rings. The van der Waals surface area contributed by atoms with Crippen LogP contribution in [0, 0.1) is 6.92 Å². The van der Waals surface area contributed by atoms with Crippen molar-refractivity contribution in [3.05, 3.63) is 27.6 Å². The van der Waals surface area contributed by atoms with Gasteiger partial charge in [-0.1, -0.05) is 6.92 Å². The number of aryl methyl sites for hydroxylation is 2. The Kier molecular flexibility index (Phi) is 3.61. The van der Waals surface area contributed by atoms with Crippen molar-refractivity contribution in [1.82, 2.24) is 10.2 Å². The van der Waals surface area contributed by atoms with Crippen molar-refractivity contribution in [2.75, 3.05) is 0 Å². The Labute approximate surface area is 107 Å². The van der Waals surface area contributed by atoms with Gasteiger partial charge in [-0.25, -0.2) is 4.79 Å². The van der Waals surface area contributed by atoms with Crippen LogP contribution in [-0.2, 0) is 13.0 Å². The van der Waals surface area contributed by atoms with Crippen LogP contribution < -0.4 is 4.74 Å². The van der Waals surface area contributed by atoms with Gasteiger partial charge in [0, 0.05) is 11.8 Å². The molecule has 0 amide bonds. The van der Waals surface area contributed by atoms with E-state index in [1.807, 2.05) is 6.92 Å². The average molecular weight is 268 g/mol. The molecule has 2 aromatic heterocycles. The van der Waals surface area contributed by atoms with E-state index in [0.29, 0.717) is 17.5 Å². The Bertz CT molecular complexity index is 561. The van der Waals surface area contributed by atoms with E-state index < -0.39 is 5.97 Å². The van der Waals surface area contributed by atoms with Gasteiger partial charge in [0.2, 0.25) is 5.89 Å². The predicted molar refractivity (Wildman–Crippen MR) is 64.0 cm³/mol. The molecule has 0 atom stereocenters. The average Bonchev–Trinajstić information content (AvgIpc) is 2.92. The highest BCUT2D eigenvalue weighted by atomic mass is 32.1. The maximum Gasteiger partial charge on any atom is 0.349 e. The summed E-state index contributed by atoms with van der Waals surface area (Å²) in [7, 11) is 0. The molecule has 0 saturated heterocycles. The van der Waals surface area contributed by atoms with Crippen LogP contribution in [0.25, 0.3) is 0 Å². The number of carbonyl (C=O) groups is 1. The Morgan fingerprint density at radius 1 is 1.56 bits per heavy atom. The second kappa shape index (κ2) is 5.18. The van der Waals surface area contributed by atoms with Crippen LogP contribution in [-0.4, -0.2) is 21.3 Å². The van der Waals surface area contributed by atoms with Crippen molar-refractivity contribution in [2.45, 2.75) is 26.9 Å². The molecule has 0 fully saturated rings. The Hall–Kier alpha value is -1.89.